The molecule has 0 aromatic rings. The maximum absolute atomic E-state index is 13.0. The number of carbonyl (C=O) groups excluding carboxylic acids is 6. The molecule has 11 heteroatoms. The molecular weight excluding hydrogens is 454 g/mol. The van der Waals surface area contributed by atoms with Gasteiger partial charge in [-0.15, -0.1) is 0 Å². The Labute approximate surface area is 207 Å². The Kier molecular flexibility index (Phi) is 13.5. The van der Waals surface area contributed by atoms with Crippen molar-refractivity contribution in [3.63, 3.8) is 0 Å². The number of nitrogens with zero attached hydrogens (tertiary/aromatic N) is 1. The number of nitrogens with one attached hydrogen (secondary N) is 3. The molecule has 0 aromatic carbocycles. The van der Waals surface area contributed by atoms with Crippen molar-refractivity contribution in [3.8, 4) is 0 Å². The van der Waals surface area contributed by atoms with Crippen LogP contribution in [0.5, 0.6) is 0 Å². The molecule has 5 N–H and O–H groups in total. The second kappa shape index (κ2) is 14.9. The van der Waals surface area contributed by atoms with Gasteiger partial charge in [0, 0.05) is 37.1 Å². The summed E-state index contributed by atoms with van der Waals surface area (Å²) in [5.41, 5.74) is 4.33. The van der Waals surface area contributed by atoms with Gasteiger partial charge in [-0.25, -0.2) is 4.79 Å². The number of rotatable bonds is 12. The van der Waals surface area contributed by atoms with Crippen molar-refractivity contribution in [3.05, 3.63) is 12.2 Å². The van der Waals surface area contributed by atoms with Crippen molar-refractivity contribution in [2.45, 2.75) is 79.8 Å². The lowest BCUT2D eigenvalue weighted by Crippen LogP contribution is -2.55. The van der Waals surface area contributed by atoms with Gasteiger partial charge >= 0.3 is 6.03 Å². The van der Waals surface area contributed by atoms with E-state index in [0.29, 0.717) is 6.42 Å². The van der Waals surface area contributed by atoms with Gasteiger partial charge in [-0.05, 0) is 18.8 Å². The molecule has 0 saturated heterocycles. The van der Waals surface area contributed by atoms with Gasteiger partial charge in [0.2, 0.25) is 11.8 Å². The summed E-state index contributed by atoms with van der Waals surface area (Å²) in [6, 6.07) is -2.40. The van der Waals surface area contributed by atoms with E-state index in [1.54, 1.807) is 34.6 Å². The third-order valence-electron chi connectivity index (χ3n) is 5.07. The number of Topliss-reactive ketones (excluding diaryl/α,β-unsaturated/α-hetero) is 1. The molecule has 0 saturated carbocycles. The quantitative estimate of drug-likeness (QED) is 0.233. The predicted molar refractivity (Wildman–Crippen MR) is 132 cm³/mol. The average Bonchev–Trinajstić information content (AvgIpc) is 3.09. The van der Waals surface area contributed by atoms with Crippen molar-refractivity contribution in [2.24, 2.45) is 17.1 Å². The Hall–Kier alpha value is -3.24. The highest BCUT2D eigenvalue weighted by molar-refractivity contribution is 6.13. The maximum Gasteiger partial charge on any atom is 0.312 e. The molecule has 1 heterocycles. The molecule has 0 spiro atoms. The summed E-state index contributed by atoms with van der Waals surface area (Å²) in [4.78, 5) is 73.2. The number of amides is 6. The second-order valence-corrected chi connectivity index (χ2v) is 9.31. The molecule has 6 amide bonds. The van der Waals surface area contributed by atoms with Gasteiger partial charge in [0.15, 0.2) is 5.78 Å². The van der Waals surface area contributed by atoms with E-state index in [2.05, 4.69) is 16.0 Å². The van der Waals surface area contributed by atoms with E-state index in [1.807, 2.05) is 13.8 Å². The largest absolute Gasteiger partial charge is 0.352 e. The summed E-state index contributed by atoms with van der Waals surface area (Å²) in [6.07, 6.45) is 2.82. The van der Waals surface area contributed by atoms with E-state index in [1.165, 1.54) is 0 Å². The van der Waals surface area contributed by atoms with Gasteiger partial charge in [-0.1, -0.05) is 48.5 Å². The third kappa shape index (κ3) is 11.2. The lowest BCUT2D eigenvalue weighted by atomic mass is 9.84. The summed E-state index contributed by atoms with van der Waals surface area (Å²) >= 11 is 0. The molecule has 0 bridgehead atoms. The highest BCUT2D eigenvalue weighted by atomic mass is 16.2. The smallest absolute Gasteiger partial charge is 0.312 e. The Bertz CT molecular complexity index is 798. The first-order valence-corrected chi connectivity index (χ1v) is 11.9. The van der Waals surface area contributed by atoms with Crippen molar-refractivity contribution >= 4 is 35.4 Å². The Morgan fingerprint density at radius 3 is 2.00 bits per heavy atom. The Morgan fingerprint density at radius 1 is 1.00 bits per heavy atom. The van der Waals surface area contributed by atoms with Gasteiger partial charge in [0.25, 0.3) is 11.8 Å². The SMILES string of the molecule is CC.CC(C)C(NC(=O)CCN1C(=O)C=CC1=O)C(=O)N[C@@H](CCCNC(N)=O)C(=O)C(C)(C)C. The monoisotopic (exact) mass is 495 g/mol. The average molecular weight is 496 g/mol. The number of nitrogens with two attached hydrogens (primary N) is 1. The standard InChI is InChI=1S/C22H35N5O6.C2H6/c1-13(2)18(26-15(28)10-12-27-16(29)8-9-17(27)30)20(32)25-14(19(31)22(3,4)5)7-6-11-24-21(23)33;1-2/h8-9,13-14,18H,6-7,10-12H2,1-5H3,(H,25,32)(H,26,28)(H3,23,24,33);1-2H3/t14-,18?;/m0./s1. The molecule has 0 aliphatic carbocycles. The molecule has 2 atom stereocenters. The zero-order chi connectivity index (χ0) is 27.3. The van der Waals surface area contributed by atoms with E-state index in [4.69, 9.17) is 5.73 Å². The molecule has 11 nitrogen and oxygen atoms in total. The number of carbonyl (C=O) groups is 6. The fraction of sp³-hybridized carbons (Fsp3) is 0.667. The number of hydrogen-bond acceptors (Lipinski definition) is 6. The van der Waals surface area contributed by atoms with Gasteiger partial charge in [0.05, 0.1) is 6.04 Å². The summed E-state index contributed by atoms with van der Waals surface area (Å²) < 4.78 is 0. The van der Waals surface area contributed by atoms with E-state index in [0.717, 1.165) is 17.1 Å². The molecule has 1 rings (SSSR count). The number of primary amides is 1. The van der Waals surface area contributed by atoms with Crippen LogP contribution >= 0.6 is 0 Å². The van der Waals surface area contributed by atoms with E-state index in [9.17, 15) is 28.8 Å². The first-order valence-electron chi connectivity index (χ1n) is 11.9. The molecule has 1 aliphatic heterocycles. The van der Waals surface area contributed by atoms with Crippen LogP contribution in [0.25, 0.3) is 0 Å². The minimum absolute atomic E-state index is 0.0963. The summed E-state index contributed by atoms with van der Waals surface area (Å²) in [6.45, 7) is 12.9. The maximum atomic E-state index is 13.0. The number of urea groups is 1. The van der Waals surface area contributed by atoms with Gasteiger partial charge in [-0.2, -0.15) is 0 Å². The van der Waals surface area contributed by atoms with E-state index in [-0.39, 0.29) is 37.6 Å². The molecule has 0 aromatic heterocycles. The van der Waals surface area contributed by atoms with Crippen LogP contribution < -0.4 is 21.7 Å². The molecule has 0 radical (unpaired) electrons. The van der Waals surface area contributed by atoms with Crippen LogP contribution in [0.2, 0.25) is 0 Å². The minimum Gasteiger partial charge on any atom is -0.352 e. The normalized spacial score (nSPS) is 14.7. The Balaban J connectivity index is 0.00000562. The van der Waals surface area contributed by atoms with Crippen LogP contribution in [0.1, 0.15) is 67.7 Å². The summed E-state index contributed by atoms with van der Waals surface area (Å²) in [5.74, 6) is -2.45. The second-order valence-electron chi connectivity index (χ2n) is 9.31. The fourth-order valence-corrected chi connectivity index (χ4v) is 3.22. The lowest BCUT2D eigenvalue weighted by molar-refractivity contribution is -0.137. The third-order valence-corrected chi connectivity index (χ3v) is 5.07. The van der Waals surface area contributed by atoms with Crippen LogP contribution in [0, 0.1) is 11.3 Å². The van der Waals surface area contributed by atoms with E-state index < -0.39 is 47.2 Å². The first kappa shape index (κ1) is 31.8. The fourth-order valence-electron chi connectivity index (χ4n) is 3.22. The summed E-state index contributed by atoms with van der Waals surface area (Å²) in [7, 11) is 0. The highest BCUT2D eigenvalue weighted by Gasteiger charge is 2.33. The topological polar surface area (TPSA) is 168 Å². The van der Waals surface area contributed by atoms with Crippen molar-refractivity contribution in [1.29, 1.82) is 0 Å². The van der Waals surface area contributed by atoms with Crippen molar-refractivity contribution in [1.82, 2.24) is 20.9 Å². The molecule has 0 fully saturated rings. The van der Waals surface area contributed by atoms with Gasteiger partial charge in [-0.3, -0.25) is 28.9 Å². The Morgan fingerprint density at radius 2 is 1.54 bits per heavy atom. The number of imide groups is 1. The van der Waals surface area contributed by atoms with E-state index >= 15 is 0 Å². The highest BCUT2D eigenvalue weighted by Crippen LogP contribution is 2.19. The molecule has 198 valence electrons. The zero-order valence-electron chi connectivity index (χ0n) is 21.9. The van der Waals surface area contributed by atoms with Crippen molar-refractivity contribution < 1.29 is 28.8 Å². The van der Waals surface area contributed by atoms with Crippen molar-refractivity contribution in [2.75, 3.05) is 13.1 Å². The predicted octanol–water partition coefficient (Wildman–Crippen LogP) is 1.02. The minimum atomic E-state index is -0.917. The zero-order valence-corrected chi connectivity index (χ0v) is 21.9. The first-order chi connectivity index (χ1) is 16.2. The van der Waals surface area contributed by atoms with Gasteiger partial charge in [0.1, 0.15) is 6.04 Å². The summed E-state index contributed by atoms with van der Waals surface area (Å²) in [5, 5.41) is 7.81. The van der Waals surface area contributed by atoms with Crippen LogP contribution in [0.4, 0.5) is 4.79 Å². The number of ketones is 1. The van der Waals surface area contributed by atoms with Crippen LogP contribution in [0.15, 0.2) is 12.2 Å². The lowest BCUT2D eigenvalue weighted by Gasteiger charge is -2.29. The molecule has 1 aliphatic rings. The van der Waals surface area contributed by atoms with Gasteiger partial charge < -0.3 is 21.7 Å². The molecule has 35 heavy (non-hydrogen) atoms. The van der Waals surface area contributed by atoms with Crippen LogP contribution in [-0.2, 0) is 24.0 Å². The molecular formula is C24H41N5O6. The molecule has 1 unspecified atom stereocenters. The number of hydrogen-bond donors (Lipinski definition) is 4. The van der Waals surface area contributed by atoms with Crippen LogP contribution in [0.3, 0.4) is 0 Å². The van der Waals surface area contributed by atoms with Crippen LogP contribution in [-0.4, -0.2) is 65.5 Å².